The summed E-state index contributed by atoms with van der Waals surface area (Å²) in [7, 11) is 4.26. The topological polar surface area (TPSA) is 51.6 Å². The Morgan fingerprint density at radius 1 is 1.03 bits per heavy atom. The zero-order valence-corrected chi connectivity index (χ0v) is 17.3. The van der Waals surface area contributed by atoms with Gasteiger partial charge in [-0.3, -0.25) is 0 Å². The Morgan fingerprint density at radius 3 is 2.33 bits per heavy atom. The van der Waals surface area contributed by atoms with Gasteiger partial charge in [-0.25, -0.2) is 4.98 Å². The van der Waals surface area contributed by atoms with E-state index in [1.54, 1.807) is 6.07 Å². The molecule has 2 unspecified atom stereocenters. The van der Waals surface area contributed by atoms with Crippen LogP contribution in [0.25, 0.3) is 11.1 Å². The minimum atomic E-state index is -0.818. The number of anilines is 2. The van der Waals surface area contributed by atoms with E-state index in [1.807, 2.05) is 36.4 Å². The van der Waals surface area contributed by atoms with Gasteiger partial charge < -0.3 is 20.2 Å². The molecule has 1 saturated heterocycles. The summed E-state index contributed by atoms with van der Waals surface area (Å²) in [5.74, 6) is -0.497. The highest BCUT2D eigenvalue weighted by Crippen LogP contribution is 2.26. The lowest BCUT2D eigenvalue weighted by atomic mass is 10.0. The monoisotopic (exact) mass is 406 g/mol. The first-order valence-electron chi connectivity index (χ1n) is 10.2. The van der Waals surface area contributed by atoms with Crippen molar-refractivity contribution in [1.82, 2.24) is 9.88 Å². The van der Waals surface area contributed by atoms with E-state index in [9.17, 15) is 9.50 Å². The van der Waals surface area contributed by atoms with E-state index in [-0.39, 0.29) is 0 Å². The molecule has 1 aliphatic rings. The van der Waals surface area contributed by atoms with Crippen LogP contribution in [0, 0.1) is 5.95 Å². The van der Waals surface area contributed by atoms with Gasteiger partial charge in [0.15, 0.2) is 6.23 Å². The molecule has 6 heteroatoms. The minimum Gasteiger partial charge on any atom is -0.370 e. The molecule has 3 aromatic rings. The molecule has 0 saturated carbocycles. The fourth-order valence-electron chi connectivity index (χ4n) is 3.81. The predicted molar refractivity (Wildman–Crippen MR) is 119 cm³/mol. The largest absolute Gasteiger partial charge is 0.370 e. The number of likely N-dealkylation sites (N-methyl/N-ethyl adjacent to an activating group) is 1. The second-order valence-corrected chi connectivity index (χ2v) is 7.94. The Hall–Kier alpha value is -2.96. The van der Waals surface area contributed by atoms with Crippen LogP contribution in [-0.2, 0) is 0 Å². The molecule has 30 heavy (non-hydrogen) atoms. The normalized spacial score (nSPS) is 17.4. The molecule has 1 aliphatic heterocycles. The highest BCUT2D eigenvalue weighted by molar-refractivity contribution is 5.63. The SMILES string of the molecule is CN(C)C1CCN(c2ccc(NC(O)c3ccc(-c4ccc(F)nc4)cc3)cc2)C1. The number of benzene rings is 2. The van der Waals surface area contributed by atoms with Crippen molar-refractivity contribution in [2.24, 2.45) is 0 Å². The van der Waals surface area contributed by atoms with Crippen molar-refractivity contribution in [2.45, 2.75) is 18.7 Å². The predicted octanol–water partition coefficient (Wildman–Crippen LogP) is 4.13. The molecule has 2 N–H and O–H groups in total. The van der Waals surface area contributed by atoms with Gasteiger partial charge in [0.25, 0.3) is 0 Å². The highest BCUT2D eigenvalue weighted by atomic mass is 19.1. The van der Waals surface area contributed by atoms with Crippen LogP contribution in [0.2, 0.25) is 0 Å². The number of rotatable bonds is 6. The van der Waals surface area contributed by atoms with E-state index < -0.39 is 12.2 Å². The van der Waals surface area contributed by atoms with Gasteiger partial charge in [0, 0.05) is 47.8 Å². The summed E-state index contributed by atoms with van der Waals surface area (Å²) in [4.78, 5) is 8.36. The molecule has 0 aliphatic carbocycles. The van der Waals surface area contributed by atoms with Crippen molar-refractivity contribution in [3.63, 3.8) is 0 Å². The van der Waals surface area contributed by atoms with Crippen molar-refractivity contribution in [3.05, 3.63) is 78.4 Å². The van der Waals surface area contributed by atoms with Gasteiger partial charge in [0.2, 0.25) is 5.95 Å². The Bertz CT molecular complexity index is 958. The quantitative estimate of drug-likeness (QED) is 0.476. The minimum absolute atomic E-state index is 0.497. The molecule has 2 heterocycles. The van der Waals surface area contributed by atoms with Crippen molar-refractivity contribution in [3.8, 4) is 11.1 Å². The lowest BCUT2D eigenvalue weighted by Gasteiger charge is -2.22. The van der Waals surface area contributed by atoms with Crippen molar-refractivity contribution in [1.29, 1.82) is 0 Å². The Morgan fingerprint density at radius 2 is 1.73 bits per heavy atom. The number of aliphatic hydroxyl groups is 1. The van der Waals surface area contributed by atoms with E-state index in [0.29, 0.717) is 6.04 Å². The number of aliphatic hydroxyl groups excluding tert-OH is 1. The van der Waals surface area contributed by atoms with Crippen LogP contribution < -0.4 is 10.2 Å². The molecule has 4 rings (SSSR count). The number of pyridine rings is 1. The number of nitrogens with one attached hydrogen (secondary N) is 1. The van der Waals surface area contributed by atoms with Gasteiger partial charge in [0.05, 0.1) is 0 Å². The third-order valence-corrected chi connectivity index (χ3v) is 5.72. The number of halogens is 1. The first kappa shape index (κ1) is 20.3. The van der Waals surface area contributed by atoms with Crippen LogP contribution in [0.4, 0.5) is 15.8 Å². The average Bonchev–Trinajstić information content (AvgIpc) is 3.26. The summed E-state index contributed by atoms with van der Waals surface area (Å²) in [6, 6.07) is 19.3. The zero-order valence-electron chi connectivity index (χ0n) is 17.3. The molecule has 1 fully saturated rings. The molecule has 5 nitrogen and oxygen atoms in total. The molecule has 2 aromatic carbocycles. The van der Waals surface area contributed by atoms with E-state index >= 15 is 0 Å². The zero-order chi connectivity index (χ0) is 21.1. The van der Waals surface area contributed by atoms with E-state index in [1.165, 1.54) is 24.4 Å². The first-order chi connectivity index (χ1) is 14.5. The third-order valence-electron chi connectivity index (χ3n) is 5.72. The number of aromatic nitrogens is 1. The average molecular weight is 407 g/mol. The van der Waals surface area contributed by atoms with Crippen LogP contribution in [0.15, 0.2) is 66.9 Å². The Balaban J connectivity index is 1.38. The summed E-state index contributed by atoms with van der Waals surface area (Å²) in [6.07, 6.45) is 1.86. The van der Waals surface area contributed by atoms with Gasteiger partial charge in [-0.15, -0.1) is 0 Å². The third kappa shape index (κ3) is 4.61. The van der Waals surface area contributed by atoms with Crippen LogP contribution in [0.3, 0.4) is 0 Å². The maximum Gasteiger partial charge on any atom is 0.212 e. The highest BCUT2D eigenvalue weighted by Gasteiger charge is 2.24. The first-order valence-corrected chi connectivity index (χ1v) is 10.2. The van der Waals surface area contributed by atoms with Crippen molar-refractivity contribution >= 4 is 11.4 Å². The molecule has 2 atom stereocenters. The fraction of sp³-hybridized carbons (Fsp3) is 0.292. The van der Waals surface area contributed by atoms with E-state index in [0.717, 1.165) is 35.5 Å². The number of hydrogen-bond donors (Lipinski definition) is 2. The van der Waals surface area contributed by atoms with Gasteiger partial charge in [-0.2, -0.15) is 4.39 Å². The van der Waals surface area contributed by atoms with Gasteiger partial charge in [-0.1, -0.05) is 24.3 Å². The van der Waals surface area contributed by atoms with E-state index in [4.69, 9.17) is 0 Å². The summed E-state index contributed by atoms with van der Waals surface area (Å²) < 4.78 is 13.0. The van der Waals surface area contributed by atoms with Crippen molar-refractivity contribution in [2.75, 3.05) is 37.4 Å². The Labute approximate surface area is 176 Å². The smallest absolute Gasteiger partial charge is 0.212 e. The molecule has 0 amide bonds. The van der Waals surface area contributed by atoms with Crippen LogP contribution in [-0.4, -0.2) is 48.2 Å². The lowest BCUT2D eigenvalue weighted by molar-refractivity contribution is 0.208. The fourth-order valence-corrected chi connectivity index (χ4v) is 3.81. The van der Waals surface area contributed by atoms with Crippen molar-refractivity contribution < 1.29 is 9.50 Å². The second-order valence-electron chi connectivity index (χ2n) is 7.94. The standard InChI is InChI=1S/C24H27FN4O/c1-28(2)22-13-14-29(16-22)21-10-8-20(9-11-21)27-24(30)18-5-3-17(4-6-18)19-7-12-23(25)26-15-19/h3-12,15,22,24,27,30H,13-14,16H2,1-2H3. The van der Waals surface area contributed by atoms with E-state index in [2.05, 4.69) is 46.3 Å². The summed E-state index contributed by atoms with van der Waals surface area (Å²) >= 11 is 0. The van der Waals surface area contributed by atoms with Gasteiger partial charge >= 0.3 is 0 Å². The van der Waals surface area contributed by atoms with Crippen LogP contribution in [0.5, 0.6) is 0 Å². The molecule has 156 valence electrons. The second kappa shape index (κ2) is 8.81. The molecule has 1 aromatic heterocycles. The molecular weight excluding hydrogens is 379 g/mol. The summed E-state index contributed by atoms with van der Waals surface area (Å²) in [5.41, 5.74) is 4.58. The van der Waals surface area contributed by atoms with Gasteiger partial charge in [0.1, 0.15) is 0 Å². The lowest BCUT2D eigenvalue weighted by Crippen LogP contribution is -2.31. The molecule has 0 bridgehead atoms. The number of nitrogens with zero attached hydrogens (tertiary/aromatic N) is 3. The van der Waals surface area contributed by atoms with Crippen LogP contribution >= 0.6 is 0 Å². The molecular formula is C24H27FN4O. The Kier molecular flexibility index (Phi) is 5.97. The van der Waals surface area contributed by atoms with Crippen LogP contribution in [0.1, 0.15) is 18.2 Å². The maximum atomic E-state index is 13.0. The molecule has 0 spiro atoms. The summed E-state index contributed by atoms with van der Waals surface area (Å²) in [6.45, 7) is 2.10. The molecule has 0 radical (unpaired) electrons. The maximum absolute atomic E-state index is 13.0. The number of hydrogen-bond acceptors (Lipinski definition) is 5. The van der Waals surface area contributed by atoms with Gasteiger partial charge in [-0.05, 0) is 62.5 Å². The summed E-state index contributed by atoms with van der Waals surface area (Å²) in [5, 5.41) is 13.7.